The largest absolute Gasteiger partial charge is 0.465 e. The molecular formula is C27H29N2O4+. The van der Waals surface area contributed by atoms with E-state index in [9.17, 15) is 9.59 Å². The standard InChI is InChI=1S/C25H23N2O4.C2H6/c1-15-13-14-16(2)27(26-15)23(25(29)31-4)22(24(28)30-3)21-19-11-7-5-9-17(19)18-10-6-8-12-20(18)21;1-2/h5-14,21H,1-4H3;1-2H3/q+1;/b23-22-;. The van der Waals surface area contributed by atoms with Crippen LogP contribution in [0.3, 0.4) is 0 Å². The van der Waals surface area contributed by atoms with Gasteiger partial charge in [0.05, 0.1) is 14.2 Å². The fraction of sp³-hybridized carbons (Fsp3) is 0.259. The lowest BCUT2D eigenvalue weighted by atomic mass is 9.87. The maximum atomic E-state index is 13.2. The third-order valence-electron chi connectivity index (χ3n) is 5.53. The molecule has 1 aromatic heterocycles. The number of hydrogen-bond donors (Lipinski definition) is 0. The number of ether oxygens (including phenoxy) is 2. The number of hydrogen-bond acceptors (Lipinski definition) is 5. The van der Waals surface area contributed by atoms with Crippen molar-refractivity contribution in [3.8, 4) is 11.1 Å². The van der Waals surface area contributed by atoms with E-state index in [1.807, 2.05) is 88.4 Å². The van der Waals surface area contributed by atoms with Crippen molar-refractivity contribution in [1.82, 2.24) is 5.10 Å². The molecular weight excluding hydrogens is 416 g/mol. The van der Waals surface area contributed by atoms with Crippen LogP contribution in [-0.4, -0.2) is 31.3 Å². The second kappa shape index (κ2) is 10.2. The predicted molar refractivity (Wildman–Crippen MR) is 126 cm³/mol. The quantitative estimate of drug-likeness (QED) is 0.339. The minimum absolute atomic E-state index is 0.0482. The Balaban J connectivity index is 0.00000149. The highest BCUT2D eigenvalue weighted by Crippen LogP contribution is 2.48. The molecule has 0 spiro atoms. The van der Waals surface area contributed by atoms with E-state index in [-0.39, 0.29) is 11.3 Å². The van der Waals surface area contributed by atoms with Crippen LogP contribution in [0.25, 0.3) is 16.8 Å². The van der Waals surface area contributed by atoms with Gasteiger partial charge in [-0.2, -0.15) is 0 Å². The van der Waals surface area contributed by atoms with Crippen molar-refractivity contribution in [1.29, 1.82) is 0 Å². The maximum Gasteiger partial charge on any atom is 0.407 e. The molecule has 0 atom stereocenters. The van der Waals surface area contributed by atoms with E-state index in [1.54, 1.807) is 0 Å². The van der Waals surface area contributed by atoms with E-state index in [2.05, 4.69) is 5.10 Å². The third-order valence-corrected chi connectivity index (χ3v) is 5.53. The van der Waals surface area contributed by atoms with E-state index >= 15 is 0 Å². The molecule has 0 radical (unpaired) electrons. The molecule has 0 saturated carbocycles. The van der Waals surface area contributed by atoms with Crippen LogP contribution >= 0.6 is 0 Å². The summed E-state index contributed by atoms with van der Waals surface area (Å²) in [7, 11) is 2.60. The molecule has 0 bridgehead atoms. The van der Waals surface area contributed by atoms with Gasteiger partial charge in [0, 0.05) is 24.0 Å². The van der Waals surface area contributed by atoms with Crippen LogP contribution in [0.5, 0.6) is 0 Å². The Morgan fingerprint density at radius 2 is 1.30 bits per heavy atom. The summed E-state index contributed by atoms with van der Waals surface area (Å²) in [6.45, 7) is 7.64. The lowest BCUT2D eigenvalue weighted by Gasteiger charge is -2.17. The van der Waals surface area contributed by atoms with Gasteiger partial charge in [0.2, 0.25) is 5.69 Å². The highest BCUT2D eigenvalue weighted by Gasteiger charge is 2.43. The second-order valence-corrected chi connectivity index (χ2v) is 7.38. The molecule has 6 nitrogen and oxygen atoms in total. The van der Waals surface area contributed by atoms with Gasteiger partial charge in [-0.3, -0.25) is 0 Å². The summed E-state index contributed by atoms with van der Waals surface area (Å²) >= 11 is 0. The Morgan fingerprint density at radius 3 is 1.82 bits per heavy atom. The normalized spacial score (nSPS) is 12.5. The molecule has 4 rings (SSSR count). The van der Waals surface area contributed by atoms with E-state index in [1.165, 1.54) is 18.9 Å². The zero-order valence-corrected chi connectivity index (χ0v) is 19.9. The topological polar surface area (TPSA) is 69.4 Å². The van der Waals surface area contributed by atoms with Gasteiger partial charge < -0.3 is 9.47 Å². The van der Waals surface area contributed by atoms with Crippen LogP contribution in [0.4, 0.5) is 0 Å². The molecule has 0 fully saturated rings. The zero-order valence-electron chi connectivity index (χ0n) is 19.9. The molecule has 1 aliphatic carbocycles. The molecule has 0 amide bonds. The first-order valence-corrected chi connectivity index (χ1v) is 10.9. The van der Waals surface area contributed by atoms with Gasteiger partial charge in [0.15, 0.2) is 0 Å². The summed E-state index contributed by atoms with van der Waals surface area (Å²) in [5.74, 6) is -1.76. The van der Waals surface area contributed by atoms with Gasteiger partial charge in [-0.05, 0) is 39.9 Å². The van der Waals surface area contributed by atoms with Gasteiger partial charge in [-0.1, -0.05) is 62.4 Å². The lowest BCUT2D eigenvalue weighted by molar-refractivity contribution is -0.651. The maximum absolute atomic E-state index is 13.2. The molecule has 33 heavy (non-hydrogen) atoms. The Morgan fingerprint density at radius 1 is 0.788 bits per heavy atom. The number of nitrogens with zero attached hydrogens (tertiary/aromatic N) is 2. The first-order valence-electron chi connectivity index (χ1n) is 10.9. The smallest absolute Gasteiger partial charge is 0.407 e. The summed E-state index contributed by atoms with van der Waals surface area (Å²) in [5.41, 5.74) is 5.52. The molecule has 3 aromatic rings. The molecule has 2 aromatic carbocycles. The fourth-order valence-electron chi connectivity index (χ4n) is 4.14. The predicted octanol–water partition coefficient (Wildman–Crippen LogP) is 4.38. The number of benzene rings is 2. The van der Waals surface area contributed by atoms with Gasteiger partial charge in [-0.15, -0.1) is 0 Å². The van der Waals surface area contributed by atoms with Crippen LogP contribution in [-0.2, 0) is 19.1 Å². The first-order chi connectivity index (χ1) is 16.0. The van der Waals surface area contributed by atoms with Crippen molar-refractivity contribution >= 4 is 17.6 Å². The molecule has 0 unspecified atom stereocenters. The molecule has 0 N–H and O–H groups in total. The monoisotopic (exact) mass is 445 g/mol. The van der Waals surface area contributed by atoms with Crippen LogP contribution in [0.1, 0.15) is 42.3 Å². The van der Waals surface area contributed by atoms with E-state index < -0.39 is 17.9 Å². The SMILES string of the molecule is CC.COC(=O)/C(=C(/C(=O)OC)[n+]1nc(C)ccc1C)C1c2ccccc2-c2ccccc21. The summed E-state index contributed by atoms with van der Waals surface area (Å²) in [4.78, 5) is 26.3. The first kappa shape index (κ1) is 23.9. The van der Waals surface area contributed by atoms with E-state index in [0.717, 1.165) is 22.3 Å². The number of aryl methyl sites for hydroxylation is 2. The second-order valence-electron chi connectivity index (χ2n) is 7.38. The van der Waals surface area contributed by atoms with Crippen molar-refractivity contribution in [2.24, 2.45) is 0 Å². The highest BCUT2D eigenvalue weighted by molar-refractivity contribution is 6.15. The number of fused-ring (bicyclic) bond motifs is 3. The Bertz CT molecular complexity index is 1180. The van der Waals surface area contributed by atoms with Crippen molar-refractivity contribution < 1.29 is 23.7 Å². The third kappa shape index (κ3) is 4.29. The Kier molecular flexibility index (Phi) is 7.38. The zero-order chi connectivity index (χ0) is 24.1. The molecule has 1 heterocycles. The van der Waals surface area contributed by atoms with Crippen molar-refractivity contribution in [3.05, 3.63) is 88.8 Å². The number of carbonyl (C=O) groups is 2. The van der Waals surface area contributed by atoms with Gasteiger partial charge in [0.25, 0.3) is 0 Å². The number of rotatable bonds is 4. The summed E-state index contributed by atoms with van der Waals surface area (Å²) < 4.78 is 11.8. The summed E-state index contributed by atoms with van der Waals surface area (Å²) in [6, 6.07) is 19.4. The van der Waals surface area contributed by atoms with Crippen molar-refractivity contribution in [2.45, 2.75) is 33.6 Å². The van der Waals surface area contributed by atoms with Crippen LogP contribution in [0.2, 0.25) is 0 Å². The molecule has 1 aliphatic rings. The van der Waals surface area contributed by atoms with Crippen LogP contribution < -0.4 is 4.68 Å². The lowest BCUT2D eigenvalue weighted by Crippen LogP contribution is -2.46. The summed E-state index contributed by atoms with van der Waals surface area (Å²) in [5, 5.41) is 4.51. The Labute approximate surface area is 194 Å². The number of methoxy groups -OCH3 is 2. The molecule has 170 valence electrons. The van der Waals surface area contributed by atoms with Crippen molar-refractivity contribution in [2.75, 3.05) is 14.2 Å². The van der Waals surface area contributed by atoms with E-state index in [0.29, 0.717) is 11.4 Å². The van der Waals surface area contributed by atoms with Gasteiger partial charge in [0.1, 0.15) is 11.3 Å². The average molecular weight is 446 g/mol. The van der Waals surface area contributed by atoms with E-state index in [4.69, 9.17) is 9.47 Å². The number of esters is 2. The minimum atomic E-state index is -0.659. The Hall–Kier alpha value is -3.80. The number of carbonyl (C=O) groups excluding carboxylic acids is 2. The minimum Gasteiger partial charge on any atom is -0.465 e. The fourth-order valence-corrected chi connectivity index (χ4v) is 4.14. The van der Waals surface area contributed by atoms with Crippen LogP contribution in [0, 0.1) is 13.8 Å². The summed E-state index contributed by atoms with van der Waals surface area (Å²) in [6.07, 6.45) is 0. The molecule has 0 saturated heterocycles. The number of aromatic nitrogens is 2. The average Bonchev–Trinajstić information content (AvgIpc) is 3.18. The van der Waals surface area contributed by atoms with Crippen molar-refractivity contribution in [3.63, 3.8) is 0 Å². The van der Waals surface area contributed by atoms with Gasteiger partial charge in [-0.25, -0.2) is 9.59 Å². The highest BCUT2D eigenvalue weighted by atomic mass is 16.5. The van der Waals surface area contributed by atoms with Gasteiger partial charge >= 0.3 is 17.6 Å². The molecule has 6 heteroatoms. The van der Waals surface area contributed by atoms with Crippen LogP contribution in [0.15, 0.2) is 66.2 Å². The molecule has 0 aliphatic heterocycles.